The Kier molecular flexibility index (Phi) is 3.96. The van der Waals surface area contributed by atoms with E-state index >= 15 is 0 Å². The Morgan fingerprint density at radius 3 is 2.36 bits per heavy atom. The SMILES string of the molecule is O=S(=O)(Cc1nc(-c2ccccc2)no1)c1ccc(Cl)cc1. The van der Waals surface area contributed by atoms with Crippen molar-refractivity contribution < 1.29 is 12.9 Å². The van der Waals surface area contributed by atoms with Crippen LogP contribution in [0, 0.1) is 0 Å². The number of hydrogen-bond acceptors (Lipinski definition) is 5. The van der Waals surface area contributed by atoms with Crippen molar-refractivity contribution in [1.82, 2.24) is 10.1 Å². The maximum Gasteiger partial charge on any atom is 0.242 e. The molecule has 1 heterocycles. The topological polar surface area (TPSA) is 73.1 Å². The fourth-order valence-electron chi connectivity index (χ4n) is 1.91. The van der Waals surface area contributed by atoms with Gasteiger partial charge in [-0.25, -0.2) is 8.42 Å². The minimum absolute atomic E-state index is 0.0498. The van der Waals surface area contributed by atoms with Gasteiger partial charge in [0.15, 0.2) is 9.84 Å². The predicted octanol–water partition coefficient (Wildman–Crippen LogP) is 3.36. The predicted molar refractivity (Wildman–Crippen MR) is 82.1 cm³/mol. The molecule has 0 aliphatic carbocycles. The molecular weight excluding hydrogens is 324 g/mol. The molecule has 0 bridgehead atoms. The molecule has 112 valence electrons. The molecule has 0 N–H and O–H groups in total. The van der Waals surface area contributed by atoms with Gasteiger partial charge in [-0.15, -0.1) is 0 Å². The molecule has 0 unspecified atom stereocenters. The summed E-state index contributed by atoms with van der Waals surface area (Å²) in [5.74, 6) is 0.0600. The molecule has 7 heteroatoms. The van der Waals surface area contributed by atoms with Crippen molar-refractivity contribution in [3.63, 3.8) is 0 Å². The normalized spacial score (nSPS) is 11.5. The molecule has 0 saturated heterocycles. The van der Waals surface area contributed by atoms with Gasteiger partial charge in [0.1, 0.15) is 5.75 Å². The number of hydrogen-bond donors (Lipinski definition) is 0. The summed E-state index contributed by atoms with van der Waals surface area (Å²) in [6.07, 6.45) is 0. The van der Waals surface area contributed by atoms with E-state index in [4.69, 9.17) is 16.1 Å². The second-order valence-corrected chi connectivity index (χ2v) is 7.02. The van der Waals surface area contributed by atoms with Gasteiger partial charge in [-0.3, -0.25) is 0 Å². The van der Waals surface area contributed by atoms with E-state index in [1.165, 1.54) is 24.3 Å². The Morgan fingerprint density at radius 2 is 1.68 bits per heavy atom. The molecule has 0 fully saturated rings. The third-order valence-corrected chi connectivity index (χ3v) is 4.86. The van der Waals surface area contributed by atoms with Crippen molar-refractivity contribution >= 4 is 21.4 Å². The van der Waals surface area contributed by atoms with E-state index in [1.54, 1.807) is 0 Å². The van der Waals surface area contributed by atoms with Gasteiger partial charge in [0.2, 0.25) is 11.7 Å². The first kappa shape index (κ1) is 14.7. The summed E-state index contributed by atoms with van der Waals surface area (Å²) < 4.78 is 29.6. The van der Waals surface area contributed by atoms with Crippen molar-refractivity contribution in [2.75, 3.05) is 0 Å². The summed E-state index contributed by atoms with van der Waals surface area (Å²) >= 11 is 5.76. The molecule has 0 aliphatic rings. The lowest BCUT2D eigenvalue weighted by Crippen LogP contribution is -2.05. The third-order valence-electron chi connectivity index (χ3n) is 2.99. The number of halogens is 1. The van der Waals surface area contributed by atoms with Crippen LogP contribution in [0.4, 0.5) is 0 Å². The van der Waals surface area contributed by atoms with Gasteiger partial charge in [0.05, 0.1) is 4.90 Å². The molecule has 3 aromatic rings. The van der Waals surface area contributed by atoms with Gasteiger partial charge in [-0.05, 0) is 24.3 Å². The van der Waals surface area contributed by atoms with Crippen molar-refractivity contribution in [3.8, 4) is 11.4 Å². The molecule has 3 rings (SSSR count). The lowest BCUT2D eigenvalue weighted by Gasteiger charge is -2.01. The molecule has 0 amide bonds. The summed E-state index contributed by atoms with van der Waals surface area (Å²) in [6, 6.07) is 15.2. The van der Waals surface area contributed by atoms with E-state index in [1.807, 2.05) is 30.3 Å². The molecule has 1 aromatic heterocycles. The van der Waals surface area contributed by atoms with E-state index in [9.17, 15) is 8.42 Å². The third kappa shape index (κ3) is 3.18. The summed E-state index contributed by atoms with van der Waals surface area (Å²) in [4.78, 5) is 4.29. The first-order valence-electron chi connectivity index (χ1n) is 6.41. The van der Waals surface area contributed by atoms with Gasteiger partial charge in [-0.2, -0.15) is 4.98 Å². The van der Waals surface area contributed by atoms with Gasteiger partial charge in [0.25, 0.3) is 0 Å². The maximum absolute atomic E-state index is 12.3. The smallest absolute Gasteiger partial charge is 0.242 e. The van der Waals surface area contributed by atoms with Gasteiger partial charge in [-0.1, -0.05) is 47.1 Å². The molecule has 0 aliphatic heterocycles. The molecule has 0 atom stereocenters. The quantitative estimate of drug-likeness (QED) is 0.731. The van der Waals surface area contributed by atoms with E-state index in [2.05, 4.69) is 10.1 Å². The van der Waals surface area contributed by atoms with Crippen LogP contribution in [-0.2, 0) is 15.6 Å². The zero-order chi connectivity index (χ0) is 15.6. The van der Waals surface area contributed by atoms with Crippen LogP contribution in [0.5, 0.6) is 0 Å². The highest BCUT2D eigenvalue weighted by atomic mass is 35.5. The van der Waals surface area contributed by atoms with Crippen LogP contribution >= 0.6 is 11.6 Å². The number of sulfone groups is 1. The van der Waals surface area contributed by atoms with Crippen LogP contribution in [0.1, 0.15) is 5.89 Å². The standard InChI is InChI=1S/C15H11ClN2O3S/c16-12-6-8-13(9-7-12)22(19,20)10-14-17-15(18-21-14)11-4-2-1-3-5-11/h1-9H,10H2. The lowest BCUT2D eigenvalue weighted by atomic mass is 10.2. The minimum Gasteiger partial charge on any atom is -0.338 e. The molecule has 2 aromatic carbocycles. The molecule has 0 saturated carbocycles. The largest absolute Gasteiger partial charge is 0.338 e. The lowest BCUT2D eigenvalue weighted by molar-refractivity contribution is 0.389. The van der Waals surface area contributed by atoms with Crippen LogP contribution < -0.4 is 0 Å². The van der Waals surface area contributed by atoms with Crippen LogP contribution in [0.25, 0.3) is 11.4 Å². The number of benzene rings is 2. The summed E-state index contributed by atoms with van der Waals surface area (Å²) in [6.45, 7) is 0. The van der Waals surface area contributed by atoms with E-state index < -0.39 is 9.84 Å². The maximum atomic E-state index is 12.3. The number of nitrogens with zero attached hydrogens (tertiary/aromatic N) is 2. The zero-order valence-electron chi connectivity index (χ0n) is 11.3. The highest BCUT2D eigenvalue weighted by Crippen LogP contribution is 2.20. The Bertz CT molecular complexity index is 875. The Balaban J connectivity index is 1.84. The average molecular weight is 335 g/mol. The summed E-state index contributed by atoms with van der Waals surface area (Å²) in [5.41, 5.74) is 0.765. The van der Waals surface area contributed by atoms with E-state index in [0.29, 0.717) is 10.8 Å². The van der Waals surface area contributed by atoms with Crippen LogP contribution in [0.15, 0.2) is 64.0 Å². The van der Waals surface area contributed by atoms with Crippen molar-refractivity contribution in [1.29, 1.82) is 0 Å². The first-order valence-corrected chi connectivity index (χ1v) is 8.44. The molecule has 0 radical (unpaired) electrons. The highest BCUT2D eigenvalue weighted by molar-refractivity contribution is 7.90. The van der Waals surface area contributed by atoms with Crippen LogP contribution in [0.2, 0.25) is 5.02 Å². The number of rotatable bonds is 4. The van der Waals surface area contributed by atoms with Crippen molar-refractivity contribution in [2.45, 2.75) is 10.6 Å². The molecule has 0 spiro atoms. The monoisotopic (exact) mass is 334 g/mol. The van der Waals surface area contributed by atoms with Crippen LogP contribution in [0.3, 0.4) is 0 Å². The number of aromatic nitrogens is 2. The second-order valence-electron chi connectivity index (χ2n) is 4.59. The summed E-state index contributed by atoms with van der Waals surface area (Å²) in [5, 5.41) is 4.28. The second kappa shape index (κ2) is 5.90. The van der Waals surface area contributed by atoms with Gasteiger partial charge >= 0.3 is 0 Å². The molecule has 22 heavy (non-hydrogen) atoms. The molecular formula is C15H11ClN2O3S. The van der Waals surface area contributed by atoms with Gasteiger partial charge in [0, 0.05) is 10.6 Å². The zero-order valence-corrected chi connectivity index (χ0v) is 12.9. The Hall–Kier alpha value is -2.18. The van der Waals surface area contributed by atoms with E-state index in [-0.39, 0.29) is 16.5 Å². The Labute approximate surface area is 132 Å². The fourth-order valence-corrected chi connectivity index (χ4v) is 3.19. The first-order chi connectivity index (χ1) is 10.5. The average Bonchev–Trinajstić information content (AvgIpc) is 2.96. The Morgan fingerprint density at radius 1 is 1.00 bits per heavy atom. The van der Waals surface area contributed by atoms with E-state index in [0.717, 1.165) is 5.56 Å². The minimum atomic E-state index is -3.55. The van der Waals surface area contributed by atoms with Crippen molar-refractivity contribution in [2.24, 2.45) is 0 Å². The van der Waals surface area contributed by atoms with Crippen LogP contribution in [-0.4, -0.2) is 18.6 Å². The van der Waals surface area contributed by atoms with Gasteiger partial charge < -0.3 is 4.52 Å². The van der Waals surface area contributed by atoms with Crippen molar-refractivity contribution in [3.05, 3.63) is 65.5 Å². The molecule has 5 nitrogen and oxygen atoms in total. The summed E-state index contributed by atoms with van der Waals surface area (Å²) in [7, 11) is -3.55. The highest BCUT2D eigenvalue weighted by Gasteiger charge is 2.20. The fraction of sp³-hybridized carbons (Fsp3) is 0.0667.